The average molecular weight is 316 g/mol. The topological polar surface area (TPSA) is 37.4 Å². The third-order valence-electron chi connectivity index (χ3n) is 4.00. The van der Waals surface area contributed by atoms with Crippen molar-refractivity contribution in [1.29, 1.82) is 0 Å². The Balaban J connectivity index is 1.97. The number of hydrogen-bond donors (Lipinski definition) is 0. The van der Waals surface area contributed by atoms with Crippen molar-refractivity contribution in [2.75, 3.05) is 24.7 Å². The van der Waals surface area contributed by atoms with Crippen LogP contribution in [0.25, 0.3) is 0 Å². The fourth-order valence-corrected chi connectivity index (χ4v) is 4.09. The highest BCUT2D eigenvalue weighted by Crippen LogP contribution is 2.33. The highest BCUT2D eigenvalue weighted by Gasteiger charge is 2.24. The Kier molecular flexibility index (Phi) is 5.10. The third kappa shape index (κ3) is 3.96. The van der Waals surface area contributed by atoms with Gasteiger partial charge in [-0.2, -0.15) is 0 Å². The molecule has 1 aliphatic heterocycles. The first-order valence-corrected chi connectivity index (χ1v) is 9.30. The van der Waals surface area contributed by atoms with Gasteiger partial charge in [-0.25, -0.2) is 8.42 Å². The van der Waals surface area contributed by atoms with E-state index < -0.39 is 9.84 Å². The molecule has 0 N–H and O–H groups in total. The lowest BCUT2D eigenvalue weighted by atomic mass is 9.89. The summed E-state index contributed by atoms with van der Waals surface area (Å²) in [6, 6.07) is 6.21. The second-order valence-corrected chi connectivity index (χ2v) is 8.31. The highest BCUT2D eigenvalue weighted by molar-refractivity contribution is 7.91. The van der Waals surface area contributed by atoms with Crippen molar-refractivity contribution in [3.8, 4) is 0 Å². The second kappa shape index (κ2) is 6.46. The standard InChI is InChI=1S/C15H22ClNO2S/c1-3-20(18,19)11-17-8-6-13(7-9-17)14-5-4-12(2)10-15(14)16/h4-5,10,13H,3,6-9,11H2,1-2H3. The normalized spacial score (nSPS) is 18.4. The van der Waals surface area contributed by atoms with Crippen LogP contribution in [0.4, 0.5) is 0 Å². The summed E-state index contributed by atoms with van der Waals surface area (Å²) in [6.07, 6.45) is 1.95. The fraction of sp³-hybridized carbons (Fsp3) is 0.600. The van der Waals surface area contributed by atoms with Gasteiger partial charge in [-0.3, -0.25) is 4.90 Å². The third-order valence-corrected chi connectivity index (χ3v) is 5.97. The van der Waals surface area contributed by atoms with Crippen molar-refractivity contribution in [3.63, 3.8) is 0 Å². The maximum Gasteiger partial charge on any atom is 0.163 e. The number of piperidine rings is 1. The molecule has 0 atom stereocenters. The van der Waals surface area contributed by atoms with Gasteiger partial charge in [0, 0.05) is 10.8 Å². The number of halogens is 1. The second-order valence-electron chi connectivity index (χ2n) is 5.58. The van der Waals surface area contributed by atoms with Gasteiger partial charge in [0.25, 0.3) is 0 Å². The van der Waals surface area contributed by atoms with E-state index in [-0.39, 0.29) is 11.6 Å². The summed E-state index contributed by atoms with van der Waals surface area (Å²) in [5.41, 5.74) is 2.38. The zero-order chi connectivity index (χ0) is 14.8. The van der Waals surface area contributed by atoms with Gasteiger partial charge in [0.05, 0.1) is 0 Å². The summed E-state index contributed by atoms with van der Waals surface area (Å²) in [5, 5.41) is 0.838. The fourth-order valence-electron chi connectivity index (χ4n) is 2.71. The quantitative estimate of drug-likeness (QED) is 0.856. The van der Waals surface area contributed by atoms with E-state index in [9.17, 15) is 8.42 Å². The summed E-state index contributed by atoms with van der Waals surface area (Å²) >= 11 is 6.32. The molecule has 1 fully saturated rings. The summed E-state index contributed by atoms with van der Waals surface area (Å²) in [4.78, 5) is 2.04. The molecule has 0 bridgehead atoms. The first-order chi connectivity index (χ1) is 9.41. The van der Waals surface area contributed by atoms with Crippen LogP contribution in [0.15, 0.2) is 18.2 Å². The molecule has 0 amide bonds. The van der Waals surface area contributed by atoms with Gasteiger partial charge in [0.15, 0.2) is 9.84 Å². The number of likely N-dealkylation sites (tertiary alicyclic amines) is 1. The minimum Gasteiger partial charge on any atom is -0.290 e. The molecule has 1 aromatic rings. The lowest BCUT2D eigenvalue weighted by Gasteiger charge is -2.32. The van der Waals surface area contributed by atoms with Crippen molar-refractivity contribution in [2.24, 2.45) is 0 Å². The van der Waals surface area contributed by atoms with Crippen LogP contribution >= 0.6 is 11.6 Å². The SMILES string of the molecule is CCS(=O)(=O)CN1CCC(c2ccc(C)cc2Cl)CC1. The van der Waals surface area contributed by atoms with Crippen LogP contribution in [0, 0.1) is 6.92 Å². The van der Waals surface area contributed by atoms with Crippen molar-refractivity contribution in [1.82, 2.24) is 4.90 Å². The molecule has 0 aliphatic carbocycles. The molecular formula is C15H22ClNO2S. The van der Waals surface area contributed by atoms with Crippen molar-refractivity contribution in [3.05, 3.63) is 34.3 Å². The first-order valence-electron chi connectivity index (χ1n) is 7.10. The molecule has 5 heteroatoms. The number of nitrogens with zero attached hydrogens (tertiary/aromatic N) is 1. The minimum atomic E-state index is -2.92. The predicted molar refractivity (Wildman–Crippen MR) is 84.1 cm³/mol. The predicted octanol–water partition coefficient (Wildman–Crippen LogP) is 3.22. The van der Waals surface area contributed by atoms with Gasteiger partial charge in [0.2, 0.25) is 0 Å². The highest BCUT2D eigenvalue weighted by atomic mass is 35.5. The van der Waals surface area contributed by atoms with Crippen LogP contribution in [0.2, 0.25) is 5.02 Å². The number of benzene rings is 1. The summed E-state index contributed by atoms with van der Waals surface area (Å²) in [5.74, 6) is 0.859. The number of rotatable bonds is 4. The van der Waals surface area contributed by atoms with Crippen molar-refractivity contribution < 1.29 is 8.42 Å². The van der Waals surface area contributed by atoms with Gasteiger partial charge >= 0.3 is 0 Å². The van der Waals surface area contributed by atoms with Crippen molar-refractivity contribution >= 4 is 21.4 Å². The molecular weight excluding hydrogens is 294 g/mol. The van der Waals surface area contributed by atoms with Crippen molar-refractivity contribution in [2.45, 2.75) is 32.6 Å². The molecule has 112 valence electrons. The van der Waals surface area contributed by atoms with E-state index in [0.29, 0.717) is 5.92 Å². The van der Waals surface area contributed by atoms with Gasteiger partial charge in [-0.15, -0.1) is 0 Å². The molecule has 2 rings (SSSR count). The van der Waals surface area contributed by atoms with E-state index in [1.165, 1.54) is 11.1 Å². The summed E-state index contributed by atoms with van der Waals surface area (Å²) in [7, 11) is -2.92. The molecule has 0 saturated carbocycles. The Labute approximate surface area is 126 Å². The molecule has 1 heterocycles. The molecule has 1 saturated heterocycles. The van der Waals surface area contributed by atoms with Gasteiger partial charge in [0.1, 0.15) is 5.88 Å². The smallest absolute Gasteiger partial charge is 0.163 e. The van der Waals surface area contributed by atoms with Crippen LogP contribution in [0.5, 0.6) is 0 Å². The monoisotopic (exact) mass is 315 g/mol. The molecule has 0 radical (unpaired) electrons. The lowest BCUT2D eigenvalue weighted by Crippen LogP contribution is -2.37. The Morgan fingerprint density at radius 1 is 1.30 bits per heavy atom. The minimum absolute atomic E-state index is 0.192. The van der Waals surface area contributed by atoms with Crippen LogP contribution in [0.1, 0.15) is 36.8 Å². The van der Waals surface area contributed by atoms with E-state index in [1.54, 1.807) is 6.92 Å². The molecule has 1 aromatic carbocycles. The Bertz CT molecular complexity index is 563. The molecule has 0 aromatic heterocycles. The summed E-state index contributed by atoms with van der Waals surface area (Å²) < 4.78 is 23.3. The number of sulfone groups is 1. The van der Waals surface area contributed by atoms with Crippen LogP contribution in [-0.2, 0) is 9.84 Å². The average Bonchev–Trinajstić information content (AvgIpc) is 2.40. The van der Waals surface area contributed by atoms with E-state index in [0.717, 1.165) is 31.0 Å². The van der Waals surface area contributed by atoms with E-state index >= 15 is 0 Å². The first kappa shape index (κ1) is 15.8. The van der Waals surface area contributed by atoms with Gasteiger partial charge < -0.3 is 0 Å². The molecule has 3 nitrogen and oxygen atoms in total. The van der Waals surface area contributed by atoms with Crippen LogP contribution in [0.3, 0.4) is 0 Å². The van der Waals surface area contributed by atoms with E-state index in [1.807, 2.05) is 17.9 Å². The van der Waals surface area contributed by atoms with E-state index in [4.69, 9.17) is 11.6 Å². The Hall–Kier alpha value is -0.580. The molecule has 0 unspecified atom stereocenters. The lowest BCUT2D eigenvalue weighted by molar-refractivity contribution is 0.241. The van der Waals surface area contributed by atoms with Gasteiger partial charge in [-0.05, 0) is 56.0 Å². The Morgan fingerprint density at radius 2 is 1.95 bits per heavy atom. The zero-order valence-electron chi connectivity index (χ0n) is 12.1. The maximum absolute atomic E-state index is 11.6. The van der Waals surface area contributed by atoms with Crippen LogP contribution in [-0.4, -0.2) is 38.0 Å². The molecule has 20 heavy (non-hydrogen) atoms. The Morgan fingerprint density at radius 3 is 2.50 bits per heavy atom. The summed E-state index contributed by atoms with van der Waals surface area (Å²) in [6.45, 7) is 5.39. The number of aryl methyl sites for hydroxylation is 1. The molecule has 1 aliphatic rings. The van der Waals surface area contributed by atoms with E-state index in [2.05, 4.69) is 12.1 Å². The zero-order valence-corrected chi connectivity index (χ0v) is 13.7. The van der Waals surface area contributed by atoms with Crippen LogP contribution < -0.4 is 0 Å². The number of hydrogen-bond acceptors (Lipinski definition) is 3. The largest absolute Gasteiger partial charge is 0.290 e. The maximum atomic E-state index is 11.6. The molecule has 0 spiro atoms. The van der Waals surface area contributed by atoms with Gasteiger partial charge in [-0.1, -0.05) is 30.7 Å².